The van der Waals surface area contributed by atoms with Crippen molar-refractivity contribution in [2.45, 2.75) is 26.9 Å². The van der Waals surface area contributed by atoms with E-state index in [4.69, 9.17) is 12.2 Å². The molecule has 1 N–H and O–H groups in total. The maximum atomic E-state index is 5.57. The Morgan fingerprint density at radius 3 is 2.40 bits per heavy atom. The SMILES string of the molecule is Cc1nn(C)c(C)c1CN1CCN(C(=S)NCc2ccccc2)CC1. The van der Waals surface area contributed by atoms with Crippen LogP contribution in [-0.4, -0.2) is 50.9 Å². The molecule has 0 unspecified atom stereocenters. The van der Waals surface area contributed by atoms with Gasteiger partial charge in [-0.05, 0) is 31.6 Å². The largest absolute Gasteiger partial charge is 0.358 e. The van der Waals surface area contributed by atoms with E-state index in [0.717, 1.165) is 50.1 Å². The second-order valence-corrected chi connectivity index (χ2v) is 7.07. The molecule has 1 aliphatic heterocycles. The van der Waals surface area contributed by atoms with Crippen LogP contribution in [0.2, 0.25) is 0 Å². The van der Waals surface area contributed by atoms with Crippen molar-refractivity contribution in [2.75, 3.05) is 26.2 Å². The van der Waals surface area contributed by atoms with Gasteiger partial charge in [0.25, 0.3) is 0 Å². The molecule has 0 bridgehead atoms. The van der Waals surface area contributed by atoms with Crippen molar-refractivity contribution in [3.8, 4) is 0 Å². The summed E-state index contributed by atoms with van der Waals surface area (Å²) in [5, 5.41) is 8.76. The highest BCUT2D eigenvalue weighted by Crippen LogP contribution is 2.16. The van der Waals surface area contributed by atoms with E-state index in [1.807, 2.05) is 17.8 Å². The van der Waals surface area contributed by atoms with Crippen LogP contribution in [0.5, 0.6) is 0 Å². The fraction of sp³-hybridized carbons (Fsp3) is 0.474. The molecular weight excluding hydrogens is 330 g/mol. The number of aromatic nitrogens is 2. The molecule has 1 aromatic heterocycles. The third-order valence-corrected chi connectivity index (χ3v) is 5.39. The second kappa shape index (κ2) is 7.97. The van der Waals surface area contributed by atoms with E-state index >= 15 is 0 Å². The van der Waals surface area contributed by atoms with Crippen LogP contribution in [0, 0.1) is 13.8 Å². The molecule has 5 nitrogen and oxygen atoms in total. The molecule has 0 atom stereocenters. The number of nitrogens with one attached hydrogen (secondary N) is 1. The highest BCUT2D eigenvalue weighted by molar-refractivity contribution is 7.80. The van der Waals surface area contributed by atoms with Crippen LogP contribution in [0.3, 0.4) is 0 Å². The van der Waals surface area contributed by atoms with Crippen LogP contribution in [0.15, 0.2) is 30.3 Å². The predicted octanol–water partition coefficient (Wildman–Crippen LogP) is 2.23. The van der Waals surface area contributed by atoms with Crippen LogP contribution in [-0.2, 0) is 20.1 Å². The van der Waals surface area contributed by atoms with Gasteiger partial charge in [0.05, 0.1) is 5.69 Å². The Balaban J connectivity index is 1.47. The van der Waals surface area contributed by atoms with E-state index in [1.165, 1.54) is 16.8 Å². The number of hydrogen-bond donors (Lipinski definition) is 1. The minimum Gasteiger partial charge on any atom is -0.358 e. The number of thiocarbonyl (C=S) groups is 1. The number of benzene rings is 1. The van der Waals surface area contributed by atoms with Crippen molar-refractivity contribution in [3.05, 3.63) is 52.8 Å². The molecule has 1 aromatic carbocycles. The van der Waals surface area contributed by atoms with Gasteiger partial charge in [-0.15, -0.1) is 0 Å². The summed E-state index contributed by atoms with van der Waals surface area (Å²) in [5.41, 5.74) is 5.02. The normalized spacial score (nSPS) is 15.4. The summed E-state index contributed by atoms with van der Waals surface area (Å²) in [5.74, 6) is 0. The van der Waals surface area contributed by atoms with Gasteiger partial charge < -0.3 is 10.2 Å². The van der Waals surface area contributed by atoms with Gasteiger partial charge in [0.15, 0.2) is 5.11 Å². The Bertz CT molecular complexity index is 717. The lowest BCUT2D eigenvalue weighted by atomic mass is 10.1. The zero-order valence-corrected chi connectivity index (χ0v) is 16.1. The summed E-state index contributed by atoms with van der Waals surface area (Å²) < 4.78 is 1.98. The third-order valence-electron chi connectivity index (χ3n) is 4.99. The van der Waals surface area contributed by atoms with Crippen molar-refractivity contribution < 1.29 is 0 Å². The van der Waals surface area contributed by atoms with E-state index in [9.17, 15) is 0 Å². The summed E-state index contributed by atoms with van der Waals surface area (Å²) in [6.45, 7) is 10.0. The fourth-order valence-electron chi connectivity index (χ4n) is 3.26. The Morgan fingerprint density at radius 2 is 1.80 bits per heavy atom. The van der Waals surface area contributed by atoms with Gasteiger partial charge in [0.2, 0.25) is 0 Å². The van der Waals surface area contributed by atoms with Crippen molar-refractivity contribution in [2.24, 2.45) is 7.05 Å². The summed E-state index contributed by atoms with van der Waals surface area (Å²) >= 11 is 5.57. The van der Waals surface area contributed by atoms with Crippen molar-refractivity contribution in [3.63, 3.8) is 0 Å². The first-order valence-electron chi connectivity index (χ1n) is 8.82. The van der Waals surface area contributed by atoms with Crippen LogP contribution in [0.25, 0.3) is 0 Å². The second-order valence-electron chi connectivity index (χ2n) is 6.68. The highest BCUT2D eigenvalue weighted by Gasteiger charge is 2.21. The van der Waals surface area contributed by atoms with E-state index in [0.29, 0.717) is 0 Å². The molecule has 1 aliphatic rings. The summed E-state index contributed by atoms with van der Waals surface area (Å²) in [4.78, 5) is 4.77. The smallest absolute Gasteiger partial charge is 0.169 e. The van der Waals surface area contributed by atoms with Crippen LogP contribution in [0.4, 0.5) is 0 Å². The summed E-state index contributed by atoms with van der Waals surface area (Å²) in [6.07, 6.45) is 0. The van der Waals surface area contributed by atoms with Gasteiger partial charge >= 0.3 is 0 Å². The molecule has 0 saturated carbocycles. The van der Waals surface area contributed by atoms with E-state index in [1.54, 1.807) is 0 Å². The molecule has 0 radical (unpaired) electrons. The average Bonchev–Trinajstić information content (AvgIpc) is 2.87. The van der Waals surface area contributed by atoms with Gasteiger partial charge in [-0.25, -0.2) is 0 Å². The number of aryl methyl sites for hydroxylation is 2. The minimum absolute atomic E-state index is 0.786. The summed E-state index contributed by atoms with van der Waals surface area (Å²) in [7, 11) is 2.01. The van der Waals surface area contributed by atoms with Crippen molar-refractivity contribution in [1.29, 1.82) is 0 Å². The minimum atomic E-state index is 0.786. The lowest BCUT2D eigenvalue weighted by Crippen LogP contribution is -2.51. The van der Waals surface area contributed by atoms with E-state index in [-0.39, 0.29) is 0 Å². The quantitative estimate of drug-likeness (QED) is 0.849. The maximum Gasteiger partial charge on any atom is 0.169 e. The lowest BCUT2D eigenvalue weighted by Gasteiger charge is -2.36. The van der Waals surface area contributed by atoms with Crippen molar-refractivity contribution in [1.82, 2.24) is 24.9 Å². The number of nitrogens with zero attached hydrogens (tertiary/aromatic N) is 4. The maximum absolute atomic E-state index is 5.57. The molecule has 1 saturated heterocycles. The van der Waals surface area contributed by atoms with Crippen LogP contribution < -0.4 is 5.32 Å². The number of piperazine rings is 1. The molecular formula is C19H27N5S. The van der Waals surface area contributed by atoms with Gasteiger partial charge in [0, 0.05) is 57.6 Å². The first-order chi connectivity index (χ1) is 12.0. The molecule has 3 rings (SSSR count). The lowest BCUT2D eigenvalue weighted by molar-refractivity contribution is 0.174. The summed E-state index contributed by atoms with van der Waals surface area (Å²) in [6, 6.07) is 10.4. The van der Waals surface area contributed by atoms with Gasteiger partial charge in [0.1, 0.15) is 0 Å². The molecule has 0 spiro atoms. The van der Waals surface area contributed by atoms with Crippen LogP contribution >= 0.6 is 12.2 Å². The molecule has 1 fully saturated rings. The molecule has 2 heterocycles. The zero-order chi connectivity index (χ0) is 17.8. The van der Waals surface area contributed by atoms with Gasteiger partial charge in [-0.1, -0.05) is 30.3 Å². The highest BCUT2D eigenvalue weighted by atomic mass is 32.1. The number of rotatable bonds is 4. The molecule has 2 aromatic rings. The molecule has 0 aliphatic carbocycles. The predicted molar refractivity (Wildman–Crippen MR) is 105 cm³/mol. The molecule has 6 heteroatoms. The molecule has 0 amide bonds. The first-order valence-corrected chi connectivity index (χ1v) is 9.23. The molecule has 25 heavy (non-hydrogen) atoms. The van der Waals surface area contributed by atoms with Crippen LogP contribution in [0.1, 0.15) is 22.5 Å². The van der Waals surface area contributed by atoms with Crippen molar-refractivity contribution >= 4 is 17.3 Å². The fourth-order valence-corrected chi connectivity index (χ4v) is 3.52. The van der Waals surface area contributed by atoms with Gasteiger partial charge in [-0.3, -0.25) is 9.58 Å². The standard InChI is InChI=1S/C19H27N5S/c1-15-18(16(2)22(3)21-15)14-23-9-11-24(12-10-23)19(25)20-13-17-7-5-4-6-8-17/h4-8H,9-14H2,1-3H3,(H,20,25). The van der Waals surface area contributed by atoms with Gasteiger partial charge in [-0.2, -0.15) is 5.10 Å². The monoisotopic (exact) mass is 357 g/mol. The Kier molecular flexibility index (Phi) is 5.71. The Labute approximate surface area is 155 Å². The molecule has 134 valence electrons. The average molecular weight is 358 g/mol. The Hall–Kier alpha value is -1.92. The van der Waals surface area contributed by atoms with E-state index < -0.39 is 0 Å². The Morgan fingerprint density at radius 1 is 1.12 bits per heavy atom. The van der Waals surface area contributed by atoms with E-state index in [2.05, 4.69) is 58.3 Å². The zero-order valence-electron chi connectivity index (χ0n) is 15.3. The number of hydrogen-bond acceptors (Lipinski definition) is 3. The topological polar surface area (TPSA) is 36.3 Å². The third kappa shape index (κ3) is 4.38. The first kappa shape index (κ1) is 17.9.